The number of pyridine rings is 1. The van der Waals surface area contributed by atoms with Crippen molar-refractivity contribution in [3.8, 4) is 0 Å². The van der Waals surface area contributed by atoms with E-state index >= 15 is 0 Å². The van der Waals surface area contributed by atoms with Gasteiger partial charge in [-0.15, -0.1) is 11.8 Å². The zero-order valence-electron chi connectivity index (χ0n) is 15.0. The lowest BCUT2D eigenvalue weighted by atomic mass is 10.0. The lowest BCUT2D eigenvalue weighted by molar-refractivity contribution is -0.168. The Morgan fingerprint density at radius 3 is 2.93 bits per heavy atom. The van der Waals surface area contributed by atoms with Crippen LogP contribution >= 0.6 is 11.8 Å². The molecule has 2 amide bonds. The topological polar surface area (TPSA) is 112 Å². The number of carbonyl (C=O) groups is 3. The van der Waals surface area contributed by atoms with Crippen LogP contribution in [0.15, 0.2) is 41.8 Å². The number of para-hydroxylation sites is 1. The molecular weight excluding hydrogens is 380 g/mol. The minimum absolute atomic E-state index is 0.143. The first-order valence-corrected chi connectivity index (χ1v) is 9.65. The van der Waals surface area contributed by atoms with Gasteiger partial charge in [0.15, 0.2) is 0 Å². The number of nitrogens with zero attached hydrogens (tertiary/aromatic N) is 2. The number of carbonyl (C=O) groups excluding carboxylic acids is 2. The number of aliphatic carboxylic acids is 1. The fraction of sp³-hybridized carbons (Fsp3) is 0.263. The molecule has 1 aromatic heterocycles. The van der Waals surface area contributed by atoms with Crippen molar-refractivity contribution in [3.63, 3.8) is 0 Å². The summed E-state index contributed by atoms with van der Waals surface area (Å²) in [6, 6.07) is 9.37. The van der Waals surface area contributed by atoms with Crippen LogP contribution in [-0.4, -0.2) is 50.4 Å². The number of carboxylic acid groups (broad SMARTS) is 1. The quantitative estimate of drug-likeness (QED) is 0.657. The number of nitrogens with one attached hydrogen (secondary N) is 2. The van der Waals surface area contributed by atoms with Crippen molar-refractivity contribution in [3.05, 3.63) is 47.5 Å². The van der Waals surface area contributed by atoms with Crippen LogP contribution in [0.4, 0.5) is 5.69 Å². The van der Waals surface area contributed by atoms with Crippen LogP contribution in [0.5, 0.6) is 0 Å². The van der Waals surface area contributed by atoms with Gasteiger partial charge in [-0.3, -0.25) is 19.5 Å². The second kappa shape index (κ2) is 6.83. The first kappa shape index (κ1) is 18.3. The summed E-state index contributed by atoms with van der Waals surface area (Å²) >= 11 is 1.36. The lowest BCUT2D eigenvalue weighted by Gasteiger charge is -2.51. The highest BCUT2D eigenvalue weighted by Gasteiger charge is 2.56. The molecular formula is C19H18N4O4S. The minimum Gasteiger partial charge on any atom is -0.478 e. The average molecular weight is 398 g/mol. The molecule has 144 valence electrons. The molecule has 4 rings (SSSR count). The summed E-state index contributed by atoms with van der Waals surface area (Å²) in [4.78, 5) is 42.1. The molecule has 2 aliphatic rings. The maximum Gasteiger partial charge on any atom is 0.355 e. The van der Waals surface area contributed by atoms with Crippen molar-refractivity contribution in [2.45, 2.75) is 24.4 Å². The van der Waals surface area contributed by atoms with Crippen LogP contribution in [-0.2, 0) is 14.4 Å². The fourth-order valence-corrected chi connectivity index (χ4v) is 4.55. The molecule has 3 N–H and O–H groups in total. The molecule has 0 radical (unpaired) electrons. The predicted octanol–water partition coefficient (Wildman–Crippen LogP) is 1.67. The molecule has 8 nitrogen and oxygen atoms in total. The number of amides is 2. The van der Waals surface area contributed by atoms with Gasteiger partial charge in [-0.25, -0.2) is 4.79 Å². The Bertz CT molecular complexity index is 1020. The Morgan fingerprint density at radius 1 is 1.39 bits per heavy atom. The van der Waals surface area contributed by atoms with Crippen molar-refractivity contribution < 1.29 is 19.5 Å². The zero-order valence-corrected chi connectivity index (χ0v) is 15.8. The zero-order chi connectivity index (χ0) is 19.9. The van der Waals surface area contributed by atoms with Crippen LogP contribution < -0.4 is 10.6 Å². The van der Waals surface area contributed by atoms with E-state index in [0.29, 0.717) is 0 Å². The van der Waals surface area contributed by atoms with Gasteiger partial charge in [-0.05, 0) is 30.5 Å². The summed E-state index contributed by atoms with van der Waals surface area (Å²) in [7, 11) is 0. The molecule has 2 aromatic rings. The molecule has 2 unspecified atom stereocenters. The van der Waals surface area contributed by atoms with Crippen LogP contribution in [0, 0.1) is 6.92 Å². The number of rotatable bonds is 5. The number of β-lactam (4-membered cyclic amide) rings is 1. The molecule has 0 aliphatic carbocycles. The van der Waals surface area contributed by atoms with Gasteiger partial charge in [0.05, 0.1) is 23.9 Å². The largest absolute Gasteiger partial charge is 0.478 e. The van der Waals surface area contributed by atoms with Gasteiger partial charge >= 0.3 is 5.97 Å². The molecule has 0 spiro atoms. The molecule has 28 heavy (non-hydrogen) atoms. The SMILES string of the molecule is Cc1cc(NCC(=O)NC2(C(=O)O)C=CSC3CC(=O)N32)c2ccccc2n1. The number of fused-ring (bicyclic) bond motifs is 2. The number of benzene rings is 1. The van der Waals surface area contributed by atoms with E-state index in [-0.39, 0.29) is 24.2 Å². The molecule has 0 saturated carbocycles. The van der Waals surface area contributed by atoms with E-state index in [1.54, 1.807) is 5.41 Å². The first-order valence-electron chi connectivity index (χ1n) is 8.71. The Morgan fingerprint density at radius 2 is 2.18 bits per heavy atom. The summed E-state index contributed by atoms with van der Waals surface area (Å²) in [5, 5.41) is 17.5. The van der Waals surface area contributed by atoms with Crippen molar-refractivity contribution in [2.75, 3.05) is 11.9 Å². The molecule has 3 heterocycles. The first-order chi connectivity index (χ1) is 13.4. The molecule has 1 aromatic carbocycles. The number of thioether (sulfide) groups is 1. The van der Waals surface area contributed by atoms with Gasteiger partial charge in [0, 0.05) is 16.8 Å². The third-order valence-electron chi connectivity index (χ3n) is 4.77. The van der Waals surface area contributed by atoms with Crippen molar-refractivity contribution in [1.29, 1.82) is 0 Å². The van der Waals surface area contributed by atoms with E-state index in [4.69, 9.17) is 0 Å². The van der Waals surface area contributed by atoms with Crippen LogP contribution in [0.1, 0.15) is 12.1 Å². The number of aromatic nitrogens is 1. The number of hydrogen-bond donors (Lipinski definition) is 3. The summed E-state index contributed by atoms with van der Waals surface area (Å²) in [6.07, 6.45) is 1.61. The minimum atomic E-state index is -1.85. The Kier molecular flexibility index (Phi) is 4.46. The normalized spacial score (nSPS) is 23.1. The fourth-order valence-electron chi connectivity index (χ4n) is 3.44. The number of carboxylic acids is 1. The molecule has 0 bridgehead atoms. The molecule has 2 atom stereocenters. The van der Waals surface area contributed by atoms with E-state index in [1.807, 2.05) is 37.3 Å². The van der Waals surface area contributed by atoms with E-state index in [2.05, 4.69) is 15.6 Å². The van der Waals surface area contributed by atoms with Gasteiger partial charge in [0.2, 0.25) is 17.5 Å². The van der Waals surface area contributed by atoms with Gasteiger partial charge in [0.1, 0.15) is 0 Å². The van der Waals surface area contributed by atoms with E-state index in [9.17, 15) is 19.5 Å². The highest BCUT2D eigenvalue weighted by molar-refractivity contribution is 8.02. The second-order valence-electron chi connectivity index (χ2n) is 6.66. The number of aryl methyl sites for hydroxylation is 1. The van der Waals surface area contributed by atoms with Crippen molar-refractivity contribution in [2.24, 2.45) is 0 Å². The smallest absolute Gasteiger partial charge is 0.355 e. The standard InChI is InChI=1S/C19H18N4O4S/c1-11-8-14(12-4-2-3-5-13(12)21-11)20-10-15(24)22-19(18(26)27)6-7-28-17-9-16(25)23(17)19/h2-8,17H,9-10H2,1H3,(H,20,21)(H,22,24)(H,26,27). The highest BCUT2D eigenvalue weighted by Crippen LogP contribution is 2.40. The lowest BCUT2D eigenvalue weighted by Crippen LogP contribution is -2.73. The average Bonchev–Trinajstić information content (AvgIpc) is 2.64. The van der Waals surface area contributed by atoms with Crippen LogP contribution in [0.3, 0.4) is 0 Å². The molecule has 2 aliphatic heterocycles. The third-order valence-corrected chi connectivity index (χ3v) is 5.76. The van der Waals surface area contributed by atoms with Gasteiger partial charge in [-0.1, -0.05) is 18.2 Å². The Balaban J connectivity index is 1.53. The maximum absolute atomic E-state index is 12.6. The molecule has 1 saturated heterocycles. The maximum atomic E-state index is 12.6. The summed E-state index contributed by atoms with van der Waals surface area (Å²) < 4.78 is 0. The molecule has 9 heteroatoms. The Hall–Kier alpha value is -3.07. The summed E-state index contributed by atoms with van der Waals surface area (Å²) in [5.41, 5.74) is 0.481. The number of hydrogen-bond acceptors (Lipinski definition) is 6. The van der Waals surface area contributed by atoms with E-state index in [0.717, 1.165) is 22.3 Å². The Labute approximate surface area is 165 Å². The summed E-state index contributed by atoms with van der Waals surface area (Å²) in [5.74, 6) is -2.12. The van der Waals surface area contributed by atoms with E-state index in [1.165, 1.54) is 22.7 Å². The van der Waals surface area contributed by atoms with Gasteiger partial charge in [0.25, 0.3) is 0 Å². The third kappa shape index (κ3) is 2.97. The predicted molar refractivity (Wildman–Crippen MR) is 105 cm³/mol. The van der Waals surface area contributed by atoms with E-state index < -0.39 is 17.5 Å². The van der Waals surface area contributed by atoms with Gasteiger partial charge in [-0.2, -0.15) is 0 Å². The van der Waals surface area contributed by atoms with Crippen molar-refractivity contribution >= 4 is 46.1 Å². The van der Waals surface area contributed by atoms with Gasteiger partial charge < -0.3 is 15.7 Å². The number of anilines is 1. The second-order valence-corrected chi connectivity index (χ2v) is 7.75. The highest BCUT2D eigenvalue weighted by atomic mass is 32.2. The monoisotopic (exact) mass is 398 g/mol. The molecule has 1 fully saturated rings. The van der Waals surface area contributed by atoms with Crippen LogP contribution in [0.25, 0.3) is 10.9 Å². The van der Waals surface area contributed by atoms with Crippen molar-refractivity contribution in [1.82, 2.24) is 15.2 Å². The summed E-state index contributed by atoms with van der Waals surface area (Å²) in [6.45, 7) is 1.72. The van der Waals surface area contributed by atoms with Crippen LogP contribution in [0.2, 0.25) is 0 Å².